The van der Waals surface area contributed by atoms with Gasteiger partial charge in [0.25, 0.3) is 5.91 Å². The zero-order valence-corrected chi connectivity index (χ0v) is 10.9. The van der Waals surface area contributed by atoms with Crippen molar-refractivity contribution in [3.05, 3.63) is 34.3 Å². The molecule has 2 rings (SSSR count). The fourth-order valence-corrected chi connectivity index (χ4v) is 2.14. The second-order valence-corrected chi connectivity index (χ2v) is 4.89. The largest absolute Gasteiger partial charge is 0.495 e. The summed E-state index contributed by atoms with van der Waals surface area (Å²) < 4.78 is 5.05. The SMILES string of the molecule is COc1ccc(NC(=O)c2cnc(C)s2)cc1N. The smallest absolute Gasteiger partial charge is 0.267 e. The molecule has 0 bridgehead atoms. The summed E-state index contributed by atoms with van der Waals surface area (Å²) in [4.78, 5) is 16.5. The Morgan fingerprint density at radius 1 is 1.50 bits per heavy atom. The number of carbonyl (C=O) groups is 1. The highest BCUT2D eigenvalue weighted by Gasteiger charge is 2.10. The lowest BCUT2D eigenvalue weighted by atomic mass is 10.2. The quantitative estimate of drug-likeness (QED) is 0.833. The van der Waals surface area contributed by atoms with E-state index in [9.17, 15) is 4.79 Å². The minimum atomic E-state index is -0.190. The molecule has 0 aliphatic heterocycles. The van der Waals surface area contributed by atoms with Gasteiger partial charge in [0.1, 0.15) is 10.6 Å². The molecule has 3 N–H and O–H groups in total. The van der Waals surface area contributed by atoms with Gasteiger partial charge < -0.3 is 15.8 Å². The van der Waals surface area contributed by atoms with Crippen LogP contribution in [0.15, 0.2) is 24.4 Å². The zero-order valence-electron chi connectivity index (χ0n) is 10.1. The summed E-state index contributed by atoms with van der Waals surface area (Å²) in [5, 5.41) is 3.62. The van der Waals surface area contributed by atoms with Crippen molar-refractivity contribution in [2.24, 2.45) is 0 Å². The highest BCUT2D eigenvalue weighted by Crippen LogP contribution is 2.25. The van der Waals surface area contributed by atoms with Crippen LogP contribution in [0.1, 0.15) is 14.7 Å². The van der Waals surface area contributed by atoms with Gasteiger partial charge in [-0.05, 0) is 25.1 Å². The molecule has 2 aromatic rings. The Balaban J connectivity index is 2.14. The van der Waals surface area contributed by atoms with E-state index in [1.54, 1.807) is 31.5 Å². The molecule has 0 aliphatic carbocycles. The number of hydrogen-bond donors (Lipinski definition) is 2. The Morgan fingerprint density at radius 2 is 2.28 bits per heavy atom. The number of anilines is 2. The van der Waals surface area contributed by atoms with Crippen LogP contribution in [0.2, 0.25) is 0 Å². The summed E-state index contributed by atoms with van der Waals surface area (Å²) in [6.45, 7) is 1.85. The molecule has 1 aromatic carbocycles. The molecule has 1 heterocycles. The number of aryl methyl sites for hydroxylation is 1. The van der Waals surface area contributed by atoms with E-state index >= 15 is 0 Å². The fourth-order valence-electron chi connectivity index (χ4n) is 1.47. The second-order valence-electron chi connectivity index (χ2n) is 3.65. The topological polar surface area (TPSA) is 77.2 Å². The molecule has 0 radical (unpaired) electrons. The van der Waals surface area contributed by atoms with Gasteiger partial charge in [-0.15, -0.1) is 11.3 Å². The first-order chi connectivity index (χ1) is 8.60. The summed E-state index contributed by atoms with van der Waals surface area (Å²) in [5.74, 6) is 0.395. The van der Waals surface area contributed by atoms with Crippen LogP contribution in [0, 0.1) is 6.92 Å². The van der Waals surface area contributed by atoms with Gasteiger partial charge in [-0.3, -0.25) is 4.79 Å². The van der Waals surface area contributed by atoms with E-state index in [-0.39, 0.29) is 5.91 Å². The Bertz CT molecular complexity index is 580. The third-order valence-electron chi connectivity index (χ3n) is 2.33. The Kier molecular flexibility index (Phi) is 3.47. The van der Waals surface area contributed by atoms with Crippen LogP contribution >= 0.6 is 11.3 Å². The number of benzene rings is 1. The minimum absolute atomic E-state index is 0.190. The maximum absolute atomic E-state index is 11.9. The predicted octanol–water partition coefficient (Wildman–Crippen LogP) is 2.29. The number of aromatic nitrogens is 1. The van der Waals surface area contributed by atoms with Gasteiger partial charge >= 0.3 is 0 Å². The maximum atomic E-state index is 11.9. The molecule has 0 saturated heterocycles. The lowest BCUT2D eigenvalue weighted by Gasteiger charge is -2.07. The number of hydrogen-bond acceptors (Lipinski definition) is 5. The van der Waals surface area contributed by atoms with E-state index in [2.05, 4.69) is 10.3 Å². The number of nitrogens with two attached hydrogens (primary N) is 1. The number of nitrogens with one attached hydrogen (secondary N) is 1. The van der Waals surface area contributed by atoms with Crippen LogP contribution in [0.3, 0.4) is 0 Å². The predicted molar refractivity (Wildman–Crippen MR) is 72.2 cm³/mol. The first-order valence-electron chi connectivity index (χ1n) is 5.27. The molecule has 94 valence electrons. The highest BCUT2D eigenvalue weighted by molar-refractivity contribution is 7.13. The first kappa shape index (κ1) is 12.4. The van der Waals surface area contributed by atoms with Crippen molar-refractivity contribution in [1.82, 2.24) is 4.98 Å². The van der Waals surface area contributed by atoms with Gasteiger partial charge in [0, 0.05) is 5.69 Å². The monoisotopic (exact) mass is 263 g/mol. The van der Waals surface area contributed by atoms with E-state index < -0.39 is 0 Å². The molecular formula is C12H13N3O2S. The lowest BCUT2D eigenvalue weighted by Crippen LogP contribution is -2.10. The maximum Gasteiger partial charge on any atom is 0.267 e. The van der Waals surface area contributed by atoms with Crippen molar-refractivity contribution in [3.63, 3.8) is 0 Å². The highest BCUT2D eigenvalue weighted by atomic mass is 32.1. The first-order valence-corrected chi connectivity index (χ1v) is 6.09. The molecule has 1 aromatic heterocycles. The number of thiazole rings is 1. The second kappa shape index (κ2) is 5.05. The van der Waals surface area contributed by atoms with Crippen LogP contribution in [0.25, 0.3) is 0 Å². The van der Waals surface area contributed by atoms with Crippen LogP contribution in [-0.4, -0.2) is 18.0 Å². The van der Waals surface area contributed by atoms with E-state index in [4.69, 9.17) is 10.5 Å². The van der Waals surface area contributed by atoms with Crippen molar-refractivity contribution >= 4 is 28.6 Å². The zero-order chi connectivity index (χ0) is 13.1. The van der Waals surface area contributed by atoms with Crippen molar-refractivity contribution in [3.8, 4) is 5.75 Å². The van der Waals surface area contributed by atoms with Gasteiger partial charge in [0.2, 0.25) is 0 Å². The van der Waals surface area contributed by atoms with Crippen LogP contribution in [-0.2, 0) is 0 Å². The minimum Gasteiger partial charge on any atom is -0.495 e. The molecule has 5 nitrogen and oxygen atoms in total. The van der Waals surface area contributed by atoms with E-state index in [1.807, 2.05) is 6.92 Å². The Hall–Kier alpha value is -2.08. The molecule has 6 heteroatoms. The van der Waals surface area contributed by atoms with Gasteiger partial charge in [0.05, 0.1) is 24.0 Å². The third kappa shape index (κ3) is 2.60. The molecule has 0 fully saturated rings. The standard InChI is InChI=1S/C12H13N3O2S/c1-7-14-6-11(18-7)12(16)15-8-3-4-10(17-2)9(13)5-8/h3-6H,13H2,1-2H3,(H,15,16). The summed E-state index contributed by atoms with van der Waals surface area (Å²) in [7, 11) is 1.55. The lowest BCUT2D eigenvalue weighted by molar-refractivity contribution is 0.103. The van der Waals surface area contributed by atoms with Gasteiger partial charge in [-0.2, -0.15) is 0 Å². The molecule has 0 spiro atoms. The summed E-state index contributed by atoms with van der Waals surface area (Å²) in [6.07, 6.45) is 1.56. The van der Waals surface area contributed by atoms with Crippen molar-refractivity contribution < 1.29 is 9.53 Å². The van der Waals surface area contributed by atoms with Crippen molar-refractivity contribution in [2.45, 2.75) is 6.92 Å². The molecule has 0 atom stereocenters. The van der Waals surface area contributed by atoms with Crippen LogP contribution in [0.5, 0.6) is 5.75 Å². The number of ether oxygens (including phenoxy) is 1. The number of nitrogens with zero attached hydrogens (tertiary/aromatic N) is 1. The molecule has 1 amide bonds. The number of rotatable bonds is 3. The van der Waals surface area contributed by atoms with Gasteiger partial charge in [-0.1, -0.05) is 0 Å². The molecule has 18 heavy (non-hydrogen) atoms. The molecule has 0 aliphatic rings. The number of carbonyl (C=O) groups excluding carboxylic acids is 1. The van der Waals surface area contributed by atoms with E-state index in [0.717, 1.165) is 5.01 Å². The number of methoxy groups -OCH3 is 1. The van der Waals surface area contributed by atoms with E-state index in [0.29, 0.717) is 22.0 Å². The summed E-state index contributed by atoms with van der Waals surface area (Å²) in [6, 6.07) is 5.11. The van der Waals surface area contributed by atoms with Crippen LogP contribution in [0.4, 0.5) is 11.4 Å². The van der Waals surface area contributed by atoms with Crippen molar-refractivity contribution in [2.75, 3.05) is 18.2 Å². The average molecular weight is 263 g/mol. The summed E-state index contributed by atoms with van der Waals surface area (Å²) in [5.41, 5.74) is 6.88. The molecule has 0 saturated carbocycles. The van der Waals surface area contributed by atoms with Gasteiger partial charge in [0.15, 0.2) is 0 Å². The van der Waals surface area contributed by atoms with E-state index in [1.165, 1.54) is 11.3 Å². The normalized spacial score (nSPS) is 10.1. The average Bonchev–Trinajstić information content (AvgIpc) is 2.76. The summed E-state index contributed by atoms with van der Waals surface area (Å²) >= 11 is 1.35. The van der Waals surface area contributed by atoms with Crippen LogP contribution < -0.4 is 15.8 Å². The van der Waals surface area contributed by atoms with Gasteiger partial charge in [-0.25, -0.2) is 4.98 Å². The fraction of sp³-hybridized carbons (Fsp3) is 0.167. The molecule has 0 unspecified atom stereocenters. The third-order valence-corrected chi connectivity index (χ3v) is 3.24. The number of amides is 1. The van der Waals surface area contributed by atoms with Crippen molar-refractivity contribution in [1.29, 1.82) is 0 Å². The Labute approximate surface area is 109 Å². The Morgan fingerprint density at radius 3 is 2.83 bits per heavy atom. The number of nitrogen functional groups attached to an aromatic ring is 1. The molecular weight excluding hydrogens is 250 g/mol.